The number of ether oxygens (including phenoxy) is 4. The summed E-state index contributed by atoms with van der Waals surface area (Å²) in [7, 11) is 3.24. The summed E-state index contributed by atoms with van der Waals surface area (Å²) in [5.74, 6) is 2.75. The molecule has 0 amide bonds. The molecule has 0 fully saturated rings. The summed E-state index contributed by atoms with van der Waals surface area (Å²) < 4.78 is 21.1. The second-order valence-electron chi connectivity index (χ2n) is 8.09. The van der Waals surface area contributed by atoms with Crippen LogP contribution in [0.3, 0.4) is 0 Å². The molecule has 0 aromatic heterocycles. The zero-order valence-corrected chi connectivity index (χ0v) is 20.4. The van der Waals surface area contributed by atoms with Crippen LogP contribution >= 0.6 is 34.8 Å². The lowest BCUT2D eigenvalue weighted by molar-refractivity contribution is 0.174. The van der Waals surface area contributed by atoms with E-state index in [-0.39, 0.29) is 6.79 Å². The van der Waals surface area contributed by atoms with Gasteiger partial charge in [-0.05, 0) is 47.7 Å². The fourth-order valence-electron chi connectivity index (χ4n) is 5.13. The molecule has 32 heavy (non-hydrogen) atoms. The highest BCUT2D eigenvalue weighted by Crippen LogP contribution is 2.58. The summed E-state index contributed by atoms with van der Waals surface area (Å²) in [6.07, 6.45) is 2.64. The molecule has 0 saturated carbocycles. The Kier molecular flexibility index (Phi) is 5.55. The van der Waals surface area contributed by atoms with E-state index in [1.807, 2.05) is 6.07 Å². The Morgan fingerprint density at radius 1 is 1.06 bits per heavy atom. The van der Waals surface area contributed by atoms with Crippen molar-refractivity contribution in [1.29, 1.82) is 0 Å². The molecule has 0 N–H and O–H groups in total. The van der Waals surface area contributed by atoms with E-state index in [0.717, 1.165) is 53.1 Å². The van der Waals surface area contributed by atoms with E-state index < -0.39 is 9.83 Å². The summed E-state index contributed by atoms with van der Waals surface area (Å²) in [4.78, 5) is 2.22. The van der Waals surface area contributed by atoms with Crippen molar-refractivity contribution in [3.8, 4) is 23.0 Å². The van der Waals surface area contributed by atoms with Crippen LogP contribution in [-0.4, -0.2) is 36.2 Å². The van der Waals surface area contributed by atoms with Gasteiger partial charge in [0, 0.05) is 23.4 Å². The molecule has 0 aliphatic carbocycles. The standard InChI is InChI=1S/C24H24Cl3NO4/c1-4-5-15-14-6-7-17(29-2)22(30-3)20(14)23(24(25,26)27)28-9-8-13-10-18-19(32-12-31-18)11-16(13)21(15)28/h6-7,10-11,23H,4-5,8-9,12H2,1-3H3/t23-/m1/s1. The van der Waals surface area contributed by atoms with Gasteiger partial charge in [-0.1, -0.05) is 54.2 Å². The number of fused-ring (bicyclic) bond motifs is 5. The fourth-order valence-corrected chi connectivity index (χ4v) is 5.81. The molecule has 0 saturated heterocycles. The first-order valence-corrected chi connectivity index (χ1v) is 11.8. The van der Waals surface area contributed by atoms with E-state index in [0.29, 0.717) is 18.0 Å². The van der Waals surface area contributed by atoms with Gasteiger partial charge in [-0.3, -0.25) is 0 Å². The van der Waals surface area contributed by atoms with Gasteiger partial charge >= 0.3 is 0 Å². The normalized spacial score (nSPS) is 18.8. The summed E-state index contributed by atoms with van der Waals surface area (Å²) in [6.45, 7) is 3.11. The molecule has 0 bridgehead atoms. The molecular weight excluding hydrogens is 473 g/mol. The fraction of sp³-hybridized carbons (Fsp3) is 0.417. The maximum Gasteiger partial charge on any atom is 0.231 e. The van der Waals surface area contributed by atoms with E-state index in [4.69, 9.17) is 53.8 Å². The number of methoxy groups -OCH3 is 2. The second-order valence-corrected chi connectivity index (χ2v) is 10.5. The Balaban J connectivity index is 1.84. The van der Waals surface area contributed by atoms with Crippen molar-refractivity contribution in [3.63, 3.8) is 0 Å². The van der Waals surface area contributed by atoms with Gasteiger partial charge in [0.05, 0.1) is 14.2 Å². The number of rotatable bonds is 4. The molecule has 1 atom stereocenters. The van der Waals surface area contributed by atoms with Crippen LogP contribution in [0, 0.1) is 0 Å². The third kappa shape index (κ3) is 3.28. The summed E-state index contributed by atoms with van der Waals surface area (Å²) in [6, 6.07) is 7.58. The Labute approximate surface area is 202 Å². The van der Waals surface area contributed by atoms with Gasteiger partial charge in [0.2, 0.25) is 10.6 Å². The molecule has 0 spiro atoms. The zero-order chi connectivity index (χ0) is 22.6. The minimum absolute atomic E-state index is 0.236. The molecule has 3 aliphatic rings. The molecule has 170 valence electrons. The zero-order valence-electron chi connectivity index (χ0n) is 18.1. The number of nitrogens with zero attached hydrogens (tertiary/aromatic N) is 1. The van der Waals surface area contributed by atoms with Crippen LogP contribution in [0.25, 0.3) is 11.3 Å². The maximum absolute atomic E-state index is 6.66. The van der Waals surface area contributed by atoms with Crippen LogP contribution in [0.4, 0.5) is 0 Å². The number of alkyl halides is 3. The van der Waals surface area contributed by atoms with Crippen molar-refractivity contribution in [2.75, 3.05) is 27.6 Å². The van der Waals surface area contributed by atoms with E-state index in [2.05, 4.69) is 30.0 Å². The van der Waals surface area contributed by atoms with E-state index in [1.165, 1.54) is 11.1 Å². The van der Waals surface area contributed by atoms with Gasteiger partial charge in [0.15, 0.2) is 23.0 Å². The molecule has 0 unspecified atom stereocenters. The highest BCUT2D eigenvalue weighted by Gasteiger charge is 2.48. The maximum atomic E-state index is 6.66. The molecular formula is C24H24Cl3NO4. The number of benzene rings is 2. The van der Waals surface area contributed by atoms with Crippen LogP contribution < -0.4 is 18.9 Å². The summed E-state index contributed by atoms with van der Waals surface area (Å²) >= 11 is 20.0. The molecule has 2 aromatic carbocycles. The molecule has 8 heteroatoms. The SMILES string of the molecule is CCCC1=C2c3cc4c(cc3CCN2[C@@H](C(Cl)(Cl)Cl)c2c1ccc(OC)c2OC)OCO4. The van der Waals surface area contributed by atoms with Gasteiger partial charge in [0.1, 0.15) is 6.04 Å². The van der Waals surface area contributed by atoms with Gasteiger partial charge < -0.3 is 23.8 Å². The van der Waals surface area contributed by atoms with Crippen molar-refractivity contribution in [3.05, 3.63) is 46.5 Å². The van der Waals surface area contributed by atoms with Gasteiger partial charge in [-0.25, -0.2) is 0 Å². The minimum atomic E-state index is -1.59. The summed E-state index contributed by atoms with van der Waals surface area (Å²) in [5, 5.41) is 0. The molecule has 2 aromatic rings. The van der Waals surface area contributed by atoms with Crippen LogP contribution in [0.15, 0.2) is 24.3 Å². The molecule has 3 aliphatic heterocycles. The first kappa shape index (κ1) is 21.9. The first-order chi connectivity index (χ1) is 15.4. The highest BCUT2D eigenvalue weighted by molar-refractivity contribution is 6.68. The average molecular weight is 497 g/mol. The smallest absolute Gasteiger partial charge is 0.231 e. The van der Waals surface area contributed by atoms with Crippen LogP contribution in [-0.2, 0) is 6.42 Å². The second kappa shape index (κ2) is 8.12. The topological polar surface area (TPSA) is 40.2 Å². The quantitative estimate of drug-likeness (QED) is 0.459. The van der Waals surface area contributed by atoms with Crippen molar-refractivity contribution in [2.24, 2.45) is 0 Å². The Bertz CT molecular complexity index is 1110. The average Bonchev–Trinajstić information content (AvgIpc) is 3.22. The summed E-state index contributed by atoms with van der Waals surface area (Å²) in [5.41, 5.74) is 6.47. The predicted octanol–water partition coefficient (Wildman–Crippen LogP) is 6.38. The minimum Gasteiger partial charge on any atom is -0.493 e. The monoisotopic (exact) mass is 495 g/mol. The van der Waals surface area contributed by atoms with Crippen molar-refractivity contribution < 1.29 is 18.9 Å². The molecule has 5 rings (SSSR count). The van der Waals surface area contributed by atoms with Gasteiger partial charge in [-0.15, -0.1) is 0 Å². The third-order valence-electron chi connectivity index (χ3n) is 6.35. The van der Waals surface area contributed by atoms with Crippen molar-refractivity contribution >= 4 is 46.1 Å². The third-order valence-corrected chi connectivity index (χ3v) is 6.97. The number of hydrogen-bond acceptors (Lipinski definition) is 5. The number of allylic oxidation sites excluding steroid dienone is 1. The molecule has 3 heterocycles. The van der Waals surface area contributed by atoms with E-state index >= 15 is 0 Å². The predicted molar refractivity (Wildman–Crippen MR) is 127 cm³/mol. The van der Waals surface area contributed by atoms with E-state index in [9.17, 15) is 0 Å². The lowest BCUT2D eigenvalue weighted by Gasteiger charge is -2.47. The lowest BCUT2D eigenvalue weighted by Crippen LogP contribution is -2.42. The van der Waals surface area contributed by atoms with Gasteiger partial charge in [0.25, 0.3) is 0 Å². The first-order valence-electron chi connectivity index (χ1n) is 10.6. The Hall–Kier alpha value is -1.95. The molecule has 0 radical (unpaired) electrons. The highest BCUT2D eigenvalue weighted by atomic mass is 35.6. The Morgan fingerprint density at radius 3 is 2.47 bits per heavy atom. The Morgan fingerprint density at radius 2 is 1.81 bits per heavy atom. The van der Waals surface area contributed by atoms with Crippen LogP contribution in [0.2, 0.25) is 0 Å². The van der Waals surface area contributed by atoms with Crippen molar-refractivity contribution in [2.45, 2.75) is 36.0 Å². The van der Waals surface area contributed by atoms with Crippen LogP contribution in [0.5, 0.6) is 23.0 Å². The van der Waals surface area contributed by atoms with Gasteiger partial charge in [-0.2, -0.15) is 0 Å². The van der Waals surface area contributed by atoms with Crippen molar-refractivity contribution in [1.82, 2.24) is 4.90 Å². The van der Waals surface area contributed by atoms with E-state index in [1.54, 1.807) is 14.2 Å². The number of hydrogen-bond donors (Lipinski definition) is 0. The lowest BCUT2D eigenvalue weighted by atomic mass is 9.80. The largest absolute Gasteiger partial charge is 0.493 e. The van der Waals surface area contributed by atoms with Crippen LogP contribution in [0.1, 0.15) is 48.1 Å². The number of halogens is 3. The molecule has 5 nitrogen and oxygen atoms in total.